The predicted molar refractivity (Wildman–Crippen MR) is 131 cm³/mol. The third-order valence-corrected chi connectivity index (χ3v) is 10.8. The van der Waals surface area contributed by atoms with E-state index >= 15 is 0 Å². The smallest absolute Gasteiger partial charge is 0.320 e. The van der Waals surface area contributed by atoms with Gasteiger partial charge in [-0.2, -0.15) is 0 Å². The highest BCUT2D eigenvalue weighted by Crippen LogP contribution is 2.37. The predicted octanol–water partition coefficient (Wildman–Crippen LogP) is 5.91. The van der Waals surface area contributed by atoms with Crippen LogP contribution in [0.15, 0.2) is 42.6 Å². The summed E-state index contributed by atoms with van der Waals surface area (Å²) in [6.45, 7) is 12.8. The van der Waals surface area contributed by atoms with E-state index in [0.717, 1.165) is 42.4 Å². The van der Waals surface area contributed by atoms with Crippen LogP contribution in [0.2, 0.25) is 23.2 Å². The van der Waals surface area contributed by atoms with Crippen LogP contribution in [0.5, 0.6) is 5.75 Å². The normalized spacial score (nSPS) is 15.5. The Balaban J connectivity index is 1.46. The van der Waals surface area contributed by atoms with Crippen molar-refractivity contribution in [2.75, 3.05) is 23.3 Å². The summed E-state index contributed by atoms with van der Waals surface area (Å²) >= 11 is 5.97. The minimum absolute atomic E-state index is 0.118. The van der Waals surface area contributed by atoms with E-state index in [0.29, 0.717) is 5.82 Å². The quantitative estimate of drug-likeness (QED) is 0.544. The molecule has 6 nitrogen and oxygen atoms in total. The molecule has 168 valence electrons. The van der Waals surface area contributed by atoms with Gasteiger partial charge in [0.25, 0.3) is 8.32 Å². The van der Waals surface area contributed by atoms with Crippen LogP contribution in [0.1, 0.15) is 33.6 Å². The van der Waals surface area contributed by atoms with Gasteiger partial charge in [-0.05, 0) is 67.4 Å². The molecule has 1 aliphatic rings. The van der Waals surface area contributed by atoms with Crippen molar-refractivity contribution in [3.8, 4) is 5.75 Å². The molecule has 0 saturated carbocycles. The second-order valence-electron chi connectivity index (χ2n) is 9.58. The van der Waals surface area contributed by atoms with Crippen LogP contribution < -0.4 is 20.0 Å². The van der Waals surface area contributed by atoms with Gasteiger partial charge in [0.1, 0.15) is 11.6 Å². The van der Waals surface area contributed by atoms with E-state index in [2.05, 4.69) is 54.4 Å². The number of amides is 2. The van der Waals surface area contributed by atoms with Crippen molar-refractivity contribution in [2.45, 2.75) is 57.8 Å². The summed E-state index contributed by atoms with van der Waals surface area (Å²) in [5.74, 6) is 1.26. The molecule has 1 aromatic carbocycles. The average molecular weight is 461 g/mol. The maximum atomic E-state index is 12.4. The molecule has 0 spiro atoms. The van der Waals surface area contributed by atoms with Crippen LogP contribution in [0, 0.1) is 0 Å². The number of anilines is 2. The Morgan fingerprint density at radius 1 is 1.13 bits per heavy atom. The number of pyridine rings is 1. The lowest BCUT2D eigenvalue weighted by atomic mass is 10.0. The number of carbonyl (C=O) groups is 1. The molecule has 31 heavy (non-hydrogen) atoms. The molecule has 2 N–H and O–H groups in total. The summed E-state index contributed by atoms with van der Waals surface area (Å²) in [4.78, 5) is 19.1. The molecule has 0 aliphatic carbocycles. The highest BCUT2D eigenvalue weighted by molar-refractivity contribution is 6.74. The van der Waals surface area contributed by atoms with Gasteiger partial charge in [0.2, 0.25) is 0 Å². The van der Waals surface area contributed by atoms with Gasteiger partial charge in [0.05, 0.1) is 6.20 Å². The SMILES string of the molecule is CC(C)(C)[Si](C)(C)Oc1ccc(NC(=O)NC2CCN(c3ccc(Cl)cc3)CC2)nc1. The van der Waals surface area contributed by atoms with E-state index < -0.39 is 8.32 Å². The largest absolute Gasteiger partial charge is 0.542 e. The number of piperidine rings is 1. The van der Waals surface area contributed by atoms with E-state index in [-0.39, 0.29) is 17.1 Å². The summed E-state index contributed by atoms with van der Waals surface area (Å²) in [6, 6.07) is 11.5. The third-order valence-electron chi connectivity index (χ3n) is 6.18. The zero-order valence-corrected chi connectivity index (χ0v) is 20.8. The van der Waals surface area contributed by atoms with E-state index in [9.17, 15) is 4.79 Å². The number of nitrogens with one attached hydrogen (secondary N) is 2. The summed E-state index contributed by atoms with van der Waals surface area (Å²) in [5, 5.41) is 6.74. The van der Waals surface area contributed by atoms with Gasteiger partial charge in [0, 0.05) is 29.8 Å². The number of hydrogen-bond donors (Lipinski definition) is 2. The zero-order chi connectivity index (χ0) is 22.6. The molecule has 2 heterocycles. The second kappa shape index (κ2) is 9.49. The minimum atomic E-state index is -1.91. The average Bonchev–Trinajstić information content (AvgIpc) is 2.70. The first-order chi connectivity index (χ1) is 14.5. The molecule has 2 aromatic rings. The highest BCUT2D eigenvalue weighted by Gasteiger charge is 2.39. The summed E-state index contributed by atoms with van der Waals surface area (Å²) in [7, 11) is -1.91. The number of nitrogens with zero attached hydrogens (tertiary/aromatic N) is 2. The van der Waals surface area contributed by atoms with Crippen LogP contribution in [-0.2, 0) is 0 Å². The van der Waals surface area contributed by atoms with Crippen LogP contribution >= 0.6 is 11.6 Å². The molecule has 8 heteroatoms. The third kappa shape index (κ3) is 6.37. The number of carbonyl (C=O) groups excluding carboxylic acids is 1. The van der Waals surface area contributed by atoms with Gasteiger partial charge in [-0.25, -0.2) is 9.78 Å². The Hall–Kier alpha value is -2.25. The Kier molecular flexibility index (Phi) is 7.16. The molecule has 3 rings (SSSR count). The lowest BCUT2D eigenvalue weighted by molar-refractivity contribution is 0.246. The molecule has 0 atom stereocenters. The fourth-order valence-electron chi connectivity index (χ4n) is 3.23. The van der Waals surface area contributed by atoms with E-state index in [4.69, 9.17) is 16.0 Å². The molecule has 0 radical (unpaired) electrons. The van der Waals surface area contributed by atoms with Crippen molar-refractivity contribution in [1.29, 1.82) is 0 Å². The molecule has 1 aliphatic heterocycles. The number of hydrogen-bond acceptors (Lipinski definition) is 4. The van der Waals surface area contributed by atoms with Crippen LogP contribution in [0.4, 0.5) is 16.3 Å². The zero-order valence-electron chi connectivity index (χ0n) is 19.0. The first-order valence-corrected chi connectivity index (χ1v) is 14.1. The van der Waals surface area contributed by atoms with Gasteiger partial charge in [-0.3, -0.25) is 5.32 Å². The molecule has 2 amide bonds. The molecular weight excluding hydrogens is 428 g/mol. The molecule has 1 aromatic heterocycles. The van der Waals surface area contributed by atoms with Gasteiger partial charge >= 0.3 is 6.03 Å². The van der Waals surface area contributed by atoms with E-state index in [1.54, 1.807) is 12.3 Å². The second-order valence-corrected chi connectivity index (χ2v) is 14.7. The molecule has 0 bridgehead atoms. The lowest BCUT2D eigenvalue weighted by Crippen LogP contribution is -2.46. The highest BCUT2D eigenvalue weighted by atomic mass is 35.5. The lowest BCUT2D eigenvalue weighted by Gasteiger charge is -2.36. The molecule has 0 unspecified atom stereocenters. The number of aromatic nitrogens is 1. The molecule has 1 fully saturated rings. The number of urea groups is 1. The summed E-state index contributed by atoms with van der Waals surface area (Å²) in [6.07, 6.45) is 3.46. The minimum Gasteiger partial charge on any atom is -0.542 e. The topological polar surface area (TPSA) is 66.5 Å². The van der Waals surface area contributed by atoms with E-state index in [1.807, 2.05) is 30.3 Å². The fourth-order valence-corrected chi connectivity index (χ4v) is 4.38. The maximum Gasteiger partial charge on any atom is 0.320 e. The van der Waals surface area contributed by atoms with Gasteiger partial charge in [0.15, 0.2) is 0 Å². The first-order valence-electron chi connectivity index (χ1n) is 10.8. The van der Waals surface area contributed by atoms with Crippen molar-refractivity contribution in [1.82, 2.24) is 10.3 Å². The molecule has 1 saturated heterocycles. The molecular formula is C23H33ClN4O2Si. The Labute approximate surface area is 191 Å². The summed E-state index contributed by atoms with van der Waals surface area (Å²) < 4.78 is 6.24. The summed E-state index contributed by atoms with van der Waals surface area (Å²) in [5.41, 5.74) is 1.16. The fraction of sp³-hybridized carbons (Fsp3) is 0.478. The van der Waals surface area contributed by atoms with Crippen molar-refractivity contribution in [2.24, 2.45) is 0 Å². The van der Waals surface area contributed by atoms with Crippen LogP contribution in [0.3, 0.4) is 0 Å². The first kappa shape index (κ1) is 23.4. The van der Waals surface area contributed by atoms with Gasteiger partial charge < -0.3 is 14.6 Å². The van der Waals surface area contributed by atoms with Gasteiger partial charge in [-0.1, -0.05) is 32.4 Å². The standard InChI is InChI=1S/C23H33ClN4O2Si/c1-23(2,3)31(4,5)30-20-10-11-21(25-16-20)27-22(29)26-18-12-14-28(15-13-18)19-8-6-17(24)7-9-19/h6-11,16,18H,12-15H2,1-5H3,(H2,25,26,27,29). The Morgan fingerprint density at radius 2 is 1.77 bits per heavy atom. The monoisotopic (exact) mass is 460 g/mol. The number of rotatable bonds is 5. The van der Waals surface area contributed by atoms with Gasteiger partial charge in [-0.15, -0.1) is 0 Å². The Bertz CT molecular complexity index is 874. The van der Waals surface area contributed by atoms with Crippen LogP contribution in [-0.4, -0.2) is 38.5 Å². The van der Waals surface area contributed by atoms with Crippen molar-refractivity contribution >= 4 is 37.5 Å². The van der Waals surface area contributed by atoms with Crippen molar-refractivity contribution < 1.29 is 9.22 Å². The number of benzene rings is 1. The van der Waals surface area contributed by atoms with Crippen molar-refractivity contribution in [3.05, 3.63) is 47.6 Å². The maximum absolute atomic E-state index is 12.4. The van der Waals surface area contributed by atoms with E-state index in [1.165, 1.54) is 0 Å². The number of halogens is 1. The Morgan fingerprint density at radius 3 is 2.32 bits per heavy atom. The van der Waals surface area contributed by atoms with Crippen LogP contribution in [0.25, 0.3) is 0 Å². The van der Waals surface area contributed by atoms with Crippen molar-refractivity contribution in [3.63, 3.8) is 0 Å².